The van der Waals surface area contributed by atoms with Crippen LogP contribution in [0.4, 0.5) is 0 Å². The highest BCUT2D eigenvalue weighted by Crippen LogP contribution is 2.24. The van der Waals surface area contributed by atoms with Gasteiger partial charge in [0, 0.05) is 20.3 Å². The lowest BCUT2D eigenvalue weighted by Gasteiger charge is -2.14. The van der Waals surface area contributed by atoms with Crippen molar-refractivity contribution < 1.29 is 19.1 Å². The third-order valence-electron chi connectivity index (χ3n) is 1.35. The zero-order chi connectivity index (χ0) is 8.48. The van der Waals surface area contributed by atoms with E-state index in [1.165, 1.54) is 0 Å². The maximum atomic E-state index is 10.9. The second-order valence-electron chi connectivity index (χ2n) is 2.83. The summed E-state index contributed by atoms with van der Waals surface area (Å²) in [5.41, 5.74) is 0. The van der Waals surface area contributed by atoms with Crippen LogP contribution in [0.2, 0.25) is 0 Å². The monoisotopic (exact) mass is 158 g/mol. The predicted octanol–water partition coefficient (Wildman–Crippen LogP) is 0.254. The molecule has 0 aromatic heterocycles. The van der Waals surface area contributed by atoms with Crippen LogP contribution < -0.4 is 0 Å². The molecule has 0 bridgehead atoms. The molecular formula is C7H10O4. The maximum Gasteiger partial charge on any atom is 0.338 e. The molecule has 62 valence electrons. The molecule has 0 aliphatic carbocycles. The van der Waals surface area contributed by atoms with Gasteiger partial charge in [-0.2, -0.15) is 0 Å². The summed E-state index contributed by atoms with van der Waals surface area (Å²) in [5.74, 6) is -1.33. The van der Waals surface area contributed by atoms with Crippen molar-refractivity contribution in [3.63, 3.8) is 0 Å². The molecule has 0 spiro atoms. The van der Waals surface area contributed by atoms with Crippen molar-refractivity contribution >= 4 is 12.3 Å². The van der Waals surface area contributed by atoms with E-state index in [9.17, 15) is 9.59 Å². The molecule has 0 N–H and O–H groups in total. The molecule has 1 heterocycles. The Morgan fingerprint density at radius 2 is 2.27 bits per heavy atom. The van der Waals surface area contributed by atoms with Crippen molar-refractivity contribution in [2.75, 3.05) is 0 Å². The summed E-state index contributed by atoms with van der Waals surface area (Å²) < 4.78 is 9.89. The summed E-state index contributed by atoms with van der Waals surface area (Å²) in [7, 11) is 0. The summed E-state index contributed by atoms with van der Waals surface area (Å²) in [6, 6.07) is 0. The van der Waals surface area contributed by atoms with Gasteiger partial charge in [0.2, 0.25) is 5.79 Å². The van der Waals surface area contributed by atoms with Gasteiger partial charge in [-0.1, -0.05) is 0 Å². The van der Waals surface area contributed by atoms with Gasteiger partial charge in [0.1, 0.15) is 6.29 Å². The summed E-state index contributed by atoms with van der Waals surface area (Å²) in [6.45, 7) is 3.27. The van der Waals surface area contributed by atoms with Gasteiger partial charge in [-0.25, -0.2) is 4.79 Å². The van der Waals surface area contributed by atoms with Crippen LogP contribution in [-0.4, -0.2) is 24.1 Å². The van der Waals surface area contributed by atoms with Crippen LogP contribution in [0.25, 0.3) is 0 Å². The Balaban J connectivity index is 2.59. The minimum absolute atomic E-state index is 0.0717. The first-order valence-corrected chi connectivity index (χ1v) is 3.39. The Morgan fingerprint density at radius 3 is 2.64 bits per heavy atom. The van der Waals surface area contributed by atoms with Gasteiger partial charge in [0.05, 0.1) is 0 Å². The fourth-order valence-corrected chi connectivity index (χ4v) is 0.954. The molecular weight excluding hydrogens is 148 g/mol. The smallest absolute Gasteiger partial charge is 0.338 e. The number of aldehydes is 1. The van der Waals surface area contributed by atoms with Crippen molar-refractivity contribution in [2.24, 2.45) is 0 Å². The molecule has 1 atom stereocenters. The lowest BCUT2D eigenvalue weighted by Crippen LogP contribution is -2.21. The normalized spacial score (nSPS) is 28.2. The molecule has 1 aliphatic rings. The Labute approximate surface area is 64.5 Å². The van der Waals surface area contributed by atoms with Gasteiger partial charge in [0.15, 0.2) is 6.10 Å². The van der Waals surface area contributed by atoms with E-state index in [0.717, 1.165) is 0 Å². The summed E-state index contributed by atoms with van der Waals surface area (Å²) in [4.78, 5) is 20.9. The lowest BCUT2D eigenvalue weighted by atomic mass is 10.3. The van der Waals surface area contributed by atoms with Crippen molar-refractivity contribution in [3.8, 4) is 0 Å². The minimum Gasteiger partial charge on any atom is -0.432 e. The molecule has 0 radical (unpaired) electrons. The Hall–Kier alpha value is -0.900. The van der Waals surface area contributed by atoms with Crippen LogP contribution in [0.15, 0.2) is 0 Å². The summed E-state index contributed by atoms with van der Waals surface area (Å²) >= 11 is 0. The predicted molar refractivity (Wildman–Crippen MR) is 35.7 cm³/mol. The van der Waals surface area contributed by atoms with Crippen LogP contribution in [0.1, 0.15) is 20.3 Å². The number of carbonyl (C=O) groups excluding carboxylic acids is 2. The van der Waals surface area contributed by atoms with Crippen LogP contribution in [-0.2, 0) is 19.1 Å². The average molecular weight is 158 g/mol. The van der Waals surface area contributed by atoms with Crippen molar-refractivity contribution in [1.82, 2.24) is 0 Å². The number of rotatable bonds is 2. The number of hydrogen-bond donors (Lipinski definition) is 0. The van der Waals surface area contributed by atoms with E-state index < -0.39 is 17.9 Å². The van der Waals surface area contributed by atoms with Gasteiger partial charge < -0.3 is 14.3 Å². The van der Waals surface area contributed by atoms with Gasteiger partial charge in [-0.3, -0.25) is 0 Å². The molecule has 1 saturated heterocycles. The van der Waals surface area contributed by atoms with E-state index in [2.05, 4.69) is 0 Å². The highest BCUT2D eigenvalue weighted by atomic mass is 16.8. The Bertz CT molecular complexity index is 185. The molecule has 11 heavy (non-hydrogen) atoms. The van der Waals surface area contributed by atoms with Crippen LogP contribution in [0.3, 0.4) is 0 Å². The lowest BCUT2D eigenvalue weighted by molar-refractivity contribution is -0.160. The van der Waals surface area contributed by atoms with E-state index in [0.29, 0.717) is 6.29 Å². The second kappa shape index (κ2) is 2.62. The number of esters is 1. The third-order valence-corrected chi connectivity index (χ3v) is 1.35. The first-order chi connectivity index (χ1) is 5.05. The molecule has 4 heteroatoms. The van der Waals surface area contributed by atoms with E-state index in [1.807, 2.05) is 0 Å². The molecule has 1 rings (SSSR count). The SMILES string of the molecule is CC1(C)OC(=O)C(CC=O)O1. The first kappa shape index (κ1) is 8.20. The zero-order valence-corrected chi connectivity index (χ0v) is 6.49. The van der Waals surface area contributed by atoms with E-state index >= 15 is 0 Å². The third kappa shape index (κ3) is 1.77. The highest BCUT2D eigenvalue weighted by Gasteiger charge is 2.40. The van der Waals surface area contributed by atoms with Crippen LogP contribution >= 0.6 is 0 Å². The standard InChI is InChI=1S/C7H10O4/c1-7(2)10-5(3-4-8)6(9)11-7/h4-5H,3H2,1-2H3. The Morgan fingerprint density at radius 1 is 1.64 bits per heavy atom. The molecule has 0 aromatic rings. The fourth-order valence-electron chi connectivity index (χ4n) is 0.954. The number of carbonyl (C=O) groups is 2. The fraction of sp³-hybridized carbons (Fsp3) is 0.714. The molecule has 1 unspecified atom stereocenters. The van der Waals surface area contributed by atoms with Gasteiger partial charge >= 0.3 is 5.97 Å². The summed E-state index contributed by atoms with van der Waals surface area (Å²) in [6.07, 6.45) is 0.0118. The van der Waals surface area contributed by atoms with E-state index in [-0.39, 0.29) is 6.42 Å². The highest BCUT2D eigenvalue weighted by molar-refractivity contribution is 5.79. The first-order valence-electron chi connectivity index (χ1n) is 3.39. The van der Waals surface area contributed by atoms with Crippen molar-refractivity contribution in [2.45, 2.75) is 32.2 Å². The molecule has 1 fully saturated rings. The maximum absolute atomic E-state index is 10.9. The zero-order valence-electron chi connectivity index (χ0n) is 6.49. The van der Waals surface area contributed by atoms with Crippen molar-refractivity contribution in [3.05, 3.63) is 0 Å². The minimum atomic E-state index is -0.870. The molecule has 0 amide bonds. The van der Waals surface area contributed by atoms with E-state index in [1.54, 1.807) is 13.8 Å². The second-order valence-corrected chi connectivity index (χ2v) is 2.83. The van der Waals surface area contributed by atoms with Crippen LogP contribution in [0, 0.1) is 0 Å². The van der Waals surface area contributed by atoms with Gasteiger partial charge in [-0.15, -0.1) is 0 Å². The number of ether oxygens (including phenoxy) is 2. The van der Waals surface area contributed by atoms with Crippen LogP contribution in [0.5, 0.6) is 0 Å². The average Bonchev–Trinajstić information content (AvgIpc) is 2.07. The topological polar surface area (TPSA) is 52.6 Å². The Kier molecular flexibility index (Phi) is 1.95. The molecule has 0 saturated carbocycles. The molecule has 1 aliphatic heterocycles. The summed E-state index contributed by atoms with van der Waals surface area (Å²) in [5, 5.41) is 0. The van der Waals surface area contributed by atoms with E-state index in [4.69, 9.17) is 9.47 Å². The number of hydrogen-bond acceptors (Lipinski definition) is 4. The quantitative estimate of drug-likeness (QED) is 0.427. The van der Waals surface area contributed by atoms with Gasteiger partial charge in [0.25, 0.3) is 0 Å². The largest absolute Gasteiger partial charge is 0.432 e. The van der Waals surface area contributed by atoms with Crippen molar-refractivity contribution in [1.29, 1.82) is 0 Å². The molecule has 0 aromatic carbocycles. The number of cyclic esters (lactones) is 1. The van der Waals surface area contributed by atoms with Gasteiger partial charge in [-0.05, 0) is 0 Å². The molecule has 4 nitrogen and oxygen atoms in total.